The highest BCUT2D eigenvalue weighted by Crippen LogP contribution is 2.08. The number of rotatable bonds is 5. The van der Waals surface area contributed by atoms with Crippen molar-refractivity contribution >= 4 is 11.0 Å². The number of fused-ring (bicyclic) bond motifs is 1. The Hall–Kier alpha value is -2.34. The Bertz CT molecular complexity index is 649. The zero-order chi connectivity index (χ0) is 12.9. The lowest BCUT2D eigenvalue weighted by Gasteiger charge is -2.04. The molecule has 0 radical (unpaired) electrons. The highest BCUT2D eigenvalue weighted by Gasteiger charge is 1.99. The molecule has 2 heterocycles. The normalized spacial score (nSPS) is 10.9. The first-order valence-corrected chi connectivity index (χ1v) is 6.17. The molecule has 0 amide bonds. The summed E-state index contributed by atoms with van der Waals surface area (Å²) >= 11 is 0. The molecule has 3 rings (SSSR count). The van der Waals surface area contributed by atoms with Crippen molar-refractivity contribution in [2.75, 3.05) is 6.54 Å². The molecule has 0 aliphatic rings. The summed E-state index contributed by atoms with van der Waals surface area (Å²) in [5, 5.41) is 9.95. The molecule has 2 N–H and O–H groups in total. The third-order valence-electron chi connectivity index (χ3n) is 2.81. The van der Waals surface area contributed by atoms with Crippen molar-refractivity contribution in [2.45, 2.75) is 13.0 Å². The summed E-state index contributed by atoms with van der Waals surface area (Å²) in [6, 6.07) is 7.87. The molecule has 2 aromatic heterocycles. The number of hydrogen-bond acceptors (Lipinski definition) is 5. The summed E-state index contributed by atoms with van der Waals surface area (Å²) in [5.74, 6) is 0.886. The van der Waals surface area contributed by atoms with Gasteiger partial charge in [0.05, 0.1) is 22.9 Å². The minimum Gasteiger partial charge on any atom is -0.311 e. The monoisotopic (exact) mass is 254 g/mol. The quantitative estimate of drug-likeness (QED) is 0.666. The van der Waals surface area contributed by atoms with Gasteiger partial charge in [-0.15, -0.1) is 0 Å². The Morgan fingerprint density at radius 1 is 1.11 bits per heavy atom. The minimum absolute atomic E-state index is 0.700. The molecule has 0 atom stereocenters. The topological polar surface area (TPSA) is 79.4 Å². The van der Waals surface area contributed by atoms with Crippen molar-refractivity contribution in [3.63, 3.8) is 0 Å². The van der Waals surface area contributed by atoms with E-state index < -0.39 is 0 Å². The standard InChI is InChI=1S/C13H14N6/c1-2-4-12-11(3-1)15-8-10(18-12)7-14-6-5-13-16-9-17-19-13/h1-4,8-9,14H,5-7H2,(H,16,17,19). The summed E-state index contributed by atoms with van der Waals surface area (Å²) in [7, 11) is 0. The lowest BCUT2D eigenvalue weighted by molar-refractivity contribution is 0.661. The van der Waals surface area contributed by atoms with Crippen molar-refractivity contribution in [1.29, 1.82) is 0 Å². The summed E-state index contributed by atoms with van der Waals surface area (Å²) in [4.78, 5) is 13.0. The van der Waals surface area contributed by atoms with Crippen LogP contribution in [0.15, 0.2) is 36.8 Å². The van der Waals surface area contributed by atoms with E-state index in [9.17, 15) is 0 Å². The van der Waals surface area contributed by atoms with E-state index in [4.69, 9.17) is 0 Å². The van der Waals surface area contributed by atoms with Gasteiger partial charge in [-0.3, -0.25) is 10.1 Å². The molecule has 0 bridgehead atoms. The van der Waals surface area contributed by atoms with Crippen LogP contribution in [0, 0.1) is 0 Å². The molecule has 0 spiro atoms. The summed E-state index contributed by atoms with van der Waals surface area (Å²) in [6.07, 6.45) is 4.15. The van der Waals surface area contributed by atoms with Gasteiger partial charge in [-0.05, 0) is 12.1 Å². The molecule has 0 aliphatic heterocycles. The molecular weight excluding hydrogens is 240 g/mol. The average Bonchev–Trinajstić information content (AvgIpc) is 2.97. The SMILES string of the molecule is c1ccc2nc(CNCCc3ncn[nH]3)cnc2c1. The van der Waals surface area contributed by atoms with Crippen LogP contribution in [-0.4, -0.2) is 31.7 Å². The second-order valence-electron chi connectivity index (χ2n) is 4.21. The second kappa shape index (κ2) is 5.53. The lowest BCUT2D eigenvalue weighted by Crippen LogP contribution is -2.18. The van der Waals surface area contributed by atoms with Gasteiger partial charge in [0.25, 0.3) is 0 Å². The summed E-state index contributed by atoms with van der Waals surface area (Å²) in [6.45, 7) is 1.52. The van der Waals surface area contributed by atoms with Gasteiger partial charge in [0, 0.05) is 19.5 Å². The Kier molecular flexibility index (Phi) is 3.42. The maximum absolute atomic E-state index is 4.55. The Balaban J connectivity index is 1.56. The van der Waals surface area contributed by atoms with Gasteiger partial charge in [-0.1, -0.05) is 12.1 Å². The fourth-order valence-electron chi connectivity index (χ4n) is 1.86. The van der Waals surface area contributed by atoms with E-state index in [1.54, 1.807) is 0 Å². The van der Waals surface area contributed by atoms with E-state index in [-0.39, 0.29) is 0 Å². The van der Waals surface area contributed by atoms with Gasteiger partial charge in [-0.2, -0.15) is 5.10 Å². The van der Waals surface area contributed by atoms with Gasteiger partial charge < -0.3 is 5.32 Å². The molecule has 1 aromatic carbocycles. The largest absolute Gasteiger partial charge is 0.311 e. The number of H-pyrrole nitrogens is 1. The van der Waals surface area contributed by atoms with Crippen LogP contribution in [-0.2, 0) is 13.0 Å². The van der Waals surface area contributed by atoms with E-state index >= 15 is 0 Å². The number of benzene rings is 1. The highest BCUT2D eigenvalue weighted by molar-refractivity contribution is 5.73. The zero-order valence-electron chi connectivity index (χ0n) is 10.4. The predicted molar refractivity (Wildman–Crippen MR) is 71.3 cm³/mol. The van der Waals surface area contributed by atoms with E-state index in [1.165, 1.54) is 6.33 Å². The first-order chi connectivity index (χ1) is 9.42. The minimum atomic E-state index is 0.700. The number of nitrogens with zero attached hydrogens (tertiary/aromatic N) is 4. The van der Waals surface area contributed by atoms with E-state index in [0.717, 1.165) is 35.5 Å². The van der Waals surface area contributed by atoms with Crippen molar-refractivity contribution in [1.82, 2.24) is 30.5 Å². The molecule has 6 nitrogen and oxygen atoms in total. The number of para-hydroxylation sites is 2. The van der Waals surface area contributed by atoms with Crippen LogP contribution < -0.4 is 5.32 Å². The van der Waals surface area contributed by atoms with Crippen molar-refractivity contribution in [3.8, 4) is 0 Å². The number of aromatic amines is 1. The number of hydrogen-bond donors (Lipinski definition) is 2. The van der Waals surface area contributed by atoms with Crippen LogP contribution in [0.4, 0.5) is 0 Å². The maximum Gasteiger partial charge on any atom is 0.137 e. The van der Waals surface area contributed by atoms with Crippen LogP contribution in [0.1, 0.15) is 11.5 Å². The second-order valence-corrected chi connectivity index (χ2v) is 4.21. The van der Waals surface area contributed by atoms with Gasteiger partial charge in [0.2, 0.25) is 0 Å². The molecule has 0 saturated carbocycles. The highest BCUT2D eigenvalue weighted by atomic mass is 15.2. The van der Waals surface area contributed by atoms with Crippen LogP contribution in [0.3, 0.4) is 0 Å². The molecule has 0 unspecified atom stereocenters. The summed E-state index contributed by atoms with van der Waals surface area (Å²) in [5.41, 5.74) is 2.79. The van der Waals surface area contributed by atoms with Crippen molar-refractivity contribution < 1.29 is 0 Å². The third kappa shape index (κ3) is 2.92. The molecular formula is C13H14N6. The Labute approximate surface area is 110 Å². The van der Waals surface area contributed by atoms with E-state index in [0.29, 0.717) is 6.54 Å². The van der Waals surface area contributed by atoms with Crippen LogP contribution in [0.2, 0.25) is 0 Å². The molecule has 3 aromatic rings. The molecule has 96 valence electrons. The smallest absolute Gasteiger partial charge is 0.137 e. The number of aromatic nitrogens is 5. The number of nitrogens with one attached hydrogen (secondary N) is 2. The lowest BCUT2D eigenvalue weighted by atomic mass is 10.3. The molecule has 6 heteroatoms. The molecule has 0 fully saturated rings. The fourth-order valence-corrected chi connectivity index (χ4v) is 1.86. The van der Waals surface area contributed by atoms with Gasteiger partial charge >= 0.3 is 0 Å². The Morgan fingerprint density at radius 2 is 2.00 bits per heavy atom. The van der Waals surface area contributed by atoms with Crippen LogP contribution in [0.25, 0.3) is 11.0 Å². The van der Waals surface area contributed by atoms with Crippen LogP contribution in [0.5, 0.6) is 0 Å². The first kappa shape index (κ1) is 11.7. The van der Waals surface area contributed by atoms with E-state index in [1.807, 2.05) is 30.5 Å². The van der Waals surface area contributed by atoms with E-state index in [2.05, 4.69) is 30.5 Å². The Morgan fingerprint density at radius 3 is 2.84 bits per heavy atom. The zero-order valence-corrected chi connectivity index (χ0v) is 10.4. The maximum atomic E-state index is 4.55. The summed E-state index contributed by atoms with van der Waals surface area (Å²) < 4.78 is 0. The van der Waals surface area contributed by atoms with Crippen LogP contribution >= 0.6 is 0 Å². The van der Waals surface area contributed by atoms with Gasteiger partial charge in [0.1, 0.15) is 12.2 Å². The first-order valence-electron chi connectivity index (χ1n) is 6.17. The van der Waals surface area contributed by atoms with Crippen molar-refractivity contribution in [3.05, 3.63) is 48.3 Å². The molecule has 19 heavy (non-hydrogen) atoms. The predicted octanol–water partition coefficient (Wildman–Crippen LogP) is 1.08. The fraction of sp³-hybridized carbons (Fsp3) is 0.231. The van der Waals surface area contributed by atoms with Gasteiger partial charge in [0.15, 0.2) is 0 Å². The van der Waals surface area contributed by atoms with Gasteiger partial charge in [-0.25, -0.2) is 9.97 Å². The molecule has 0 aliphatic carbocycles. The molecule has 0 saturated heterocycles. The average molecular weight is 254 g/mol. The third-order valence-corrected chi connectivity index (χ3v) is 2.81. The van der Waals surface area contributed by atoms with Crippen molar-refractivity contribution in [2.24, 2.45) is 0 Å².